The van der Waals surface area contributed by atoms with Crippen LogP contribution in [0.4, 0.5) is 0 Å². The minimum atomic E-state index is 0.559. The summed E-state index contributed by atoms with van der Waals surface area (Å²) in [4.78, 5) is 15.9. The number of nitrogens with zero attached hydrogens (tertiary/aromatic N) is 4. The average molecular weight is 157 g/mol. The van der Waals surface area contributed by atoms with E-state index in [1.165, 1.54) is 12.7 Å². The summed E-state index contributed by atoms with van der Waals surface area (Å²) in [5, 5.41) is 0. The van der Waals surface area contributed by atoms with Gasteiger partial charge in [0.1, 0.15) is 11.8 Å². The van der Waals surface area contributed by atoms with Gasteiger partial charge in [-0.25, -0.2) is 19.9 Å². The monoisotopic (exact) mass is 157 g/mol. The fourth-order valence-electron chi connectivity index (χ4n) is 0.935. The highest BCUT2D eigenvalue weighted by atomic mass is 14.9. The smallest absolute Gasteiger partial charge is 0.181 e. The summed E-state index contributed by atoms with van der Waals surface area (Å²) in [5.41, 5.74) is 1.79. The summed E-state index contributed by atoms with van der Waals surface area (Å²) >= 11 is 0. The molecule has 0 N–H and O–H groups in total. The Morgan fingerprint density at radius 3 is 2.75 bits per heavy atom. The van der Waals surface area contributed by atoms with Crippen molar-refractivity contribution in [1.82, 2.24) is 19.9 Å². The first-order valence-corrected chi connectivity index (χ1v) is 3.38. The fourth-order valence-corrected chi connectivity index (χ4v) is 0.935. The number of rotatable bonds is 1. The third kappa shape index (κ3) is 1.01. The van der Waals surface area contributed by atoms with Crippen molar-refractivity contribution >= 4 is 11.2 Å². The van der Waals surface area contributed by atoms with Gasteiger partial charge >= 0.3 is 0 Å². The lowest BCUT2D eigenvalue weighted by Gasteiger charge is -1.97. The average Bonchev–Trinajstić information content (AvgIpc) is 2.17. The van der Waals surface area contributed by atoms with Crippen molar-refractivity contribution in [2.24, 2.45) is 0 Å². The zero-order chi connectivity index (χ0) is 8.39. The largest absolute Gasteiger partial charge is 0.249 e. The zero-order valence-electron chi connectivity index (χ0n) is 6.18. The molecule has 0 saturated carbocycles. The predicted octanol–water partition coefficient (Wildman–Crippen LogP) is 0.683. The van der Waals surface area contributed by atoms with E-state index in [0.717, 1.165) is 0 Å². The Labute approximate surface area is 69.7 Å². The van der Waals surface area contributed by atoms with Crippen molar-refractivity contribution in [1.29, 1.82) is 0 Å². The van der Waals surface area contributed by atoms with Crippen LogP contribution >= 0.6 is 0 Å². The molecule has 0 bridgehead atoms. The van der Waals surface area contributed by atoms with Gasteiger partial charge in [-0.3, -0.25) is 0 Å². The van der Waals surface area contributed by atoms with Gasteiger partial charge in [0, 0.05) is 18.8 Å². The summed E-state index contributed by atoms with van der Waals surface area (Å²) in [5.74, 6) is 0. The Bertz CT molecular complexity index is 394. The van der Waals surface area contributed by atoms with Gasteiger partial charge in [0.05, 0.1) is 5.69 Å². The molecule has 0 aromatic carbocycles. The standard InChI is InChI=1S/C8H5N4/c1-2-6-7-8(12-5-11-6)10-4-3-9-7/h1-5H. The molecule has 2 aromatic rings. The number of aromatic nitrogens is 4. The van der Waals surface area contributed by atoms with Crippen LogP contribution in [0.25, 0.3) is 11.2 Å². The maximum absolute atomic E-state index is 5.33. The quantitative estimate of drug-likeness (QED) is 0.610. The van der Waals surface area contributed by atoms with Crippen LogP contribution in [0.15, 0.2) is 18.7 Å². The highest BCUT2D eigenvalue weighted by molar-refractivity contribution is 5.72. The molecule has 4 heteroatoms. The van der Waals surface area contributed by atoms with Crippen LogP contribution in [0, 0.1) is 13.3 Å². The first-order chi connectivity index (χ1) is 5.92. The number of fused-ring (bicyclic) bond motifs is 1. The highest BCUT2D eigenvalue weighted by Gasteiger charge is 2.01. The molecular weight excluding hydrogens is 152 g/mol. The first-order valence-electron chi connectivity index (χ1n) is 3.38. The molecule has 0 amide bonds. The molecule has 57 valence electrons. The molecule has 0 aliphatic rings. The molecule has 0 unspecified atom stereocenters. The van der Waals surface area contributed by atoms with Crippen molar-refractivity contribution in [3.05, 3.63) is 37.8 Å². The van der Waals surface area contributed by atoms with Gasteiger partial charge < -0.3 is 0 Å². The second-order valence-corrected chi connectivity index (χ2v) is 2.15. The maximum atomic E-state index is 5.33. The zero-order valence-corrected chi connectivity index (χ0v) is 6.18. The molecule has 0 atom stereocenters. The van der Waals surface area contributed by atoms with Crippen molar-refractivity contribution in [3.8, 4) is 0 Å². The van der Waals surface area contributed by atoms with E-state index in [1.807, 2.05) is 0 Å². The summed E-state index contributed by atoms with van der Waals surface area (Å²) in [6, 6.07) is 0. The van der Waals surface area contributed by atoms with Gasteiger partial charge in [-0.1, -0.05) is 0 Å². The molecule has 12 heavy (non-hydrogen) atoms. The number of hydrogen-bond acceptors (Lipinski definition) is 4. The van der Waals surface area contributed by atoms with E-state index in [-0.39, 0.29) is 0 Å². The lowest BCUT2D eigenvalue weighted by molar-refractivity contribution is 1.11. The molecule has 0 aliphatic carbocycles. The Kier molecular flexibility index (Phi) is 1.66. The van der Waals surface area contributed by atoms with Crippen LogP contribution in [0.5, 0.6) is 0 Å². The lowest BCUT2D eigenvalue weighted by atomic mass is 10.3. The maximum Gasteiger partial charge on any atom is 0.181 e. The van der Waals surface area contributed by atoms with Gasteiger partial charge in [-0.2, -0.15) is 0 Å². The molecule has 0 saturated heterocycles. The van der Waals surface area contributed by atoms with E-state index in [0.29, 0.717) is 16.9 Å². The van der Waals surface area contributed by atoms with Crippen LogP contribution in [0.3, 0.4) is 0 Å². The third-order valence-corrected chi connectivity index (χ3v) is 1.46. The van der Waals surface area contributed by atoms with Crippen LogP contribution in [0.1, 0.15) is 5.69 Å². The van der Waals surface area contributed by atoms with Crippen molar-refractivity contribution < 1.29 is 0 Å². The van der Waals surface area contributed by atoms with Gasteiger partial charge in [0.15, 0.2) is 5.65 Å². The van der Waals surface area contributed by atoms with Crippen LogP contribution in [-0.2, 0) is 0 Å². The first kappa shape index (κ1) is 7.09. The van der Waals surface area contributed by atoms with Crippen LogP contribution in [-0.4, -0.2) is 19.9 Å². The lowest BCUT2D eigenvalue weighted by Crippen LogP contribution is -1.93. The normalized spacial score (nSPS) is 10.4. The Balaban J connectivity index is 2.79. The van der Waals surface area contributed by atoms with E-state index >= 15 is 0 Å². The molecule has 4 nitrogen and oxygen atoms in total. The molecule has 0 spiro atoms. The summed E-state index contributed by atoms with van der Waals surface area (Å²) < 4.78 is 0. The molecule has 0 fully saturated rings. The van der Waals surface area contributed by atoms with E-state index in [2.05, 4.69) is 19.9 Å². The van der Waals surface area contributed by atoms with Crippen LogP contribution in [0.2, 0.25) is 0 Å². The Morgan fingerprint density at radius 1 is 1.08 bits per heavy atom. The van der Waals surface area contributed by atoms with Crippen molar-refractivity contribution in [2.45, 2.75) is 0 Å². The van der Waals surface area contributed by atoms with Gasteiger partial charge in [-0.05, 0) is 6.92 Å². The summed E-state index contributed by atoms with van der Waals surface area (Å²) in [6.45, 7) is 5.33. The van der Waals surface area contributed by atoms with E-state index in [9.17, 15) is 0 Å². The van der Waals surface area contributed by atoms with E-state index in [1.54, 1.807) is 12.4 Å². The van der Waals surface area contributed by atoms with Crippen molar-refractivity contribution in [3.63, 3.8) is 0 Å². The second-order valence-electron chi connectivity index (χ2n) is 2.15. The molecule has 3 radical (unpaired) electrons. The Hall–Kier alpha value is -1.58. The van der Waals surface area contributed by atoms with Crippen LogP contribution < -0.4 is 0 Å². The molecule has 2 rings (SSSR count). The number of hydrogen-bond donors (Lipinski definition) is 0. The van der Waals surface area contributed by atoms with E-state index < -0.39 is 0 Å². The van der Waals surface area contributed by atoms with Gasteiger partial charge in [-0.15, -0.1) is 0 Å². The van der Waals surface area contributed by atoms with Gasteiger partial charge in [0.25, 0.3) is 0 Å². The molecular formula is C8H5N4. The highest BCUT2D eigenvalue weighted by Crippen LogP contribution is 2.08. The SMILES string of the molecule is [CH][CH]c1ncnc2nccnc12. The van der Waals surface area contributed by atoms with Gasteiger partial charge in [0.2, 0.25) is 0 Å². The minimum absolute atomic E-state index is 0.559. The summed E-state index contributed by atoms with van der Waals surface area (Å²) in [6.07, 6.45) is 5.96. The topological polar surface area (TPSA) is 51.6 Å². The molecule has 2 heterocycles. The third-order valence-electron chi connectivity index (χ3n) is 1.46. The van der Waals surface area contributed by atoms with Crippen molar-refractivity contribution in [2.75, 3.05) is 0 Å². The molecule has 0 aliphatic heterocycles. The van der Waals surface area contributed by atoms with E-state index in [4.69, 9.17) is 6.92 Å². The predicted molar refractivity (Wildman–Crippen MR) is 42.8 cm³/mol. The minimum Gasteiger partial charge on any atom is -0.249 e. The summed E-state index contributed by atoms with van der Waals surface area (Å²) in [7, 11) is 0. The fraction of sp³-hybridized carbons (Fsp3) is 0. The molecule has 2 aromatic heterocycles. The Morgan fingerprint density at radius 2 is 1.92 bits per heavy atom. The second kappa shape index (κ2) is 2.81.